The Morgan fingerprint density at radius 3 is 2.67 bits per heavy atom. The summed E-state index contributed by atoms with van der Waals surface area (Å²) in [7, 11) is 0. The van der Waals surface area contributed by atoms with E-state index in [2.05, 4.69) is 38.0 Å². The first-order chi connectivity index (χ1) is 8.21. The molecule has 5 heteroatoms. The largest absolute Gasteiger partial charge is 0.384 e. The van der Waals surface area contributed by atoms with Crippen LogP contribution < -0.4 is 11.1 Å². The summed E-state index contributed by atoms with van der Waals surface area (Å²) >= 11 is 5.92. The number of nitrogens with zero attached hydrogens (tertiary/aromatic N) is 1. The Kier molecular flexibility index (Phi) is 4.57. The number of nitrogen functional groups attached to an aromatic ring is 1. The number of halogens is 1. The fraction of sp³-hybridized carbons (Fsp3) is 0.538. The van der Waals surface area contributed by atoms with Gasteiger partial charge in [-0.15, -0.1) is 0 Å². The van der Waals surface area contributed by atoms with Crippen LogP contribution in [0.4, 0.5) is 5.82 Å². The van der Waals surface area contributed by atoms with E-state index in [4.69, 9.17) is 17.3 Å². The quantitative estimate of drug-likeness (QED) is 0.887. The van der Waals surface area contributed by atoms with E-state index in [0.29, 0.717) is 17.5 Å². The Morgan fingerprint density at radius 1 is 1.50 bits per heavy atom. The van der Waals surface area contributed by atoms with E-state index in [0.717, 1.165) is 0 Å². The van der Waals surface area contributed by atoms with Crippen molar-refractivity contribution in [2.24, 2.45) is 11.3 Å². The second-order valence-electron chi connectivity index (χ2n) is 5.54. The molecule has 1 amide bonds. The molecule has 1 aromatic heterocycles. The summed E-state index contributed by atoms with van der Waals surface area (Å²) in [5.74, 6) is 0.345. The smallest absolute Gasteiger partial charge is 0.271 e. The number of amides is 1. The minimum absolute atomic E-state index is 0.139. The Balaban J connectivity index is 2.69. The van der Waals surface area contributed by atoms with E-state index in [1.54, 1.807) is 12.1 Å². The van der Waals surface area contributed by atoms with Gasteiger partial charge in [0.25, 0.3) is 5.91 Å². The predicted molar refractivity (Wildman–Crippen MR) is 74.6 cm³/mol. The van der Waals surface area contributed by atoms with Crippen LogP contribution in [0.2, 0.25) is 5.02 Å². The fourth-order valence-electron chi connectivity index (χ4n) is 1.25. The molecular weight excluding hydrogens is 250 g/mol. The first-order valence-electron chi connectivity index (χ1n) is 5.92. The maximum Gasteiger partial charge on any atom is 0.271 e. The molecule has 0 radical (unpaired) electrons. The van der Waals surface area contributed by atoms with Crippen LogP contribution in [0, 0.1) is 11.3 Å². The number of hydrogen-bond acceptors (Lipinski definition) is 3. The fourth-order valence-corrected chi connectivity index (χ4v) is 1.44. The van der Waals surface area contributed by atoms with E-state index in [1.165, 1.54) is 0 Å². The highest BCUT2D eigenvalue weighted by Crippen LogP contribution is 2.24. The molecule has 1 rings (SSSR count). The normalized spacial score (nSPS) is 13.2. The average molecular weight is 270 g/mol. The minimum atomic E-state index is -0.289. The molecule has 1 aromatic rings. The van der Waals surface area contributed by atoms with Crippen molar-refractivity contribution in [2.75, 3.05) is 12.3 Å². The number of pyridine rings is 1. The molecule has 18 heavy (non-hydrogen) atoms. The zero-order valence-electron chi connectivity index (χ0n) is 11.2. The van der Waals surface area contributed by atoms with Crippen LogP contribution in [0.15, 0.2) is 12.1 Å². The van der Waals surface area contributed by atoms with Crippen molar-refractivity contribution >= 4 is 23.3 Å². The van der Waals surface area contributed by atoms with Gasteiger partial charge >= 0.3 is 0 Å². The molecule has 0 fully saturated rings. The van der Waals surface area contributed by atoms with E-state index in [1.807, 2.05) is 0 Å². The number of nitrogens with one attached hydrogen (secondary N) is 1. The lowest BCUT2D eigenvalue weighted by atomic mass is 9.82. The summed E-state index contributed by atoms with van der Waals surface area (Å²) in [6.07, 6.45) is 0. The second-order valence-corrected chi connectivity index (χ2v) is 5.95. The van der Waals surface area contributed by atoms with Gasteiger partial charge in [-0.25, -0.2) is 4.98 Å². The van der Waals surface area contributed by atoms with Crippen LogP contribution in [0.5, 0.6) is 0 Å². The summed E-state index contributed by atoms with van der Waals surface area (Å²) in [5, 5.41) is 3.14. The van der Waals surface area contributed by atoms with Gasteiger partial charge in [-0.3, -0.25) is 4.79 Å². The summed E-state index contributed by atoms with van der Waals surface area (Å²) in [6, 6.07) is 3.14. The van der Waals surface area contributed by atoms with Crippen LogP contribution in [-0.4, -0.2) is 17.4 Å². The topological polar surface area (TPSA) is 68.0 Å². The molecule has 1 atom stereocenters. The van der Waals surface area contributed by atoms with E-state index < -0.39 is 0 Å². The third-order valence-electron chi connectivity index (χ3n) is 3.13. The Hall–Kier alpha value is -1.29. The third kappa shape index (κ3) is 3.88. The standard InChI is InChI=1S/C13H20ClN3O/c1-8(13(2,3)4)7-16-12(18)11-9(14)5-6-10(15)17-11/h5-6,8H,7H2,1-4H3,(H2,15,17)(H,16,18). The Morgan fingerprint density at radius 2 is 2.11 bits per heavy atom. The van der Waals surface area contributed by atoms with Gasteiger partial charge in [0.05, 0.1) is 5.02 Å². The van der Waals surface area contributed by atoms with Crippen LogP contribution in [0.3, 0.4) is 0 Å². The highest BCUT2D eigenvalue weighted by molar-refractivity contribution is 6.33. The molecule has 0 aliphatic heterocycles. The van der Waals surface area contributed by atoms with Crippen LogP contribution in [-0.2, 0) is 0 Å². The number of nitrogens with two attached hydrogens (primary N) is 1. The van der Waals surface area contributed by atoms with Gasteiger partial charge in [0.15, 0.2) is 0 Å². The van der Waals surface area contributed by atoms with Gasteiger partial charge in [0.1, 0.15) is 11.5 Å². The first-order valence-corrected chi connectivity index (χ1v) is 6.30. The number of hydrogen-bond donors (Lipinski definition) is 2. The van der Waals surface area contributed by atoms with Crippen molar-refractivity contribution in [1.29, 1.82) is 0 Å². The molecule has 4 nitrogen and oxygen atoms in total. The van der Waals surface area contributed by atoms with E-state index in [9.17, 15) is 4.79 Å². The maximum atomic E-state index is 11.9. The van der Waals surface area contributed by atoms with Gasteiger partial charge in [-0.2, -0.15) is 0 Å². The SMILES string of the molecule is CC(CNC(=O)c1nc(N)ccc1Cl)C(C)(C)C. The van der Waals surface area contributed by atoms with Gasteiger partial charge in [0.2, 0.25) is 0 Å². The zero-order valence-corrected chi connectivity index (χ0v) is 12.0. The Bertz CT molecular complexity index is 440. The molecular formula is C13H20ClN3O. The van der Waals surface area contributed by atoms with Crippen LogP contribution in [0.25, 0.3) is 0 Å². The number of rotatable bonds is 3. The second kappa shape index (κ2) is 5.57. The van der Waals surface area contributed by atoms with E-state index in [-0.39, 0.29) is 22.8 Å². The molecule has 0 saturated carbocycles. The van der Waals surface area contributed by atoms with Crippen molar-refractivity contribution < 1.29 is 4.79 Å². The lowest BCUT2D eigenvalue weighted by Gasteiger charge is -2.27. The monoisotopic (exact) mass is 269 g/mol. The lowest BCUT2D eigenvalue weighted by molar-refractivity contribution is 0.0932. The molecule has 1 unspecified atom stereocenters. The number of aromatic nitrogens is 1. The first kappa shape index (κ1) is 14.8. The molecule has 0 aliphatic carbocycles. The summed E-state index contributed by atoms with van der Waals surface area (Å²) < 4.78 is 0. The summed E-state index contributed by atoms with van der Waals surface area (Å²) in [5.41, 5.74) is 5.86. The van der Waals surface area contributed by atoms with Crippen molar-refractivity contribution in [3.63, 3.8) is 0 Å². The molecule has 0 spiro atoms. The molecule has 0 aromatic carbocycles. The lowest BCUT2D eigenvalue weighted by Crippen LogP contribution is -2.34. The summed E-state index contributed by atoms with van der Waals surface area (Å²) in [4.78, 5) is 15.9. The van der Waals surface area contributed by atoms with E-state index >= 15 is 0 Å². The van der Waals surface area contributed by atoms with Crippen molar-refractivity contribution in [1.82, 2.24) is 10.3 Å². The molecule has 100 valence electrons. The van der Waals surface area contributed by atoms with Gasteiger partial charge in [-0.1, -0.05) is 39.3 Å². The van der Waals surface area contributed by atoms with Crippen molar-refractivity contribution in [3.8, 4) is 0 Å². The van der Waals surface area contributed by atoms with Crippen molar-refractivity contribution in [3.05, 3.63) is 22.8 Å². The molecule has 0 saturated heterocycles. The third-order valence-corrected chi connectivity index (χ3v) is 3.43. The minimum Gasteiger partial charge on any atom is -0.384 e. The van der Waals surface area contributed by atoms with Gasteiger partial charge in [-0.05, 0) is 23.5 Å². The molecule has 0 aliphatic rings. The Labute approximate surface area is 113 Å². The molecule has 1 heterocycles. The number of carbonyl (C=O) groups excluding carboxylic acids is 1. The highest BCUT2D eigenvalue weighted by atomic mass is 35.5. The highest BCUT2D eigenvalue weighted by Gasteiger charge is 2.21. The average Bonchev–Trinajstić information content (AvgIpc) is 2.27. The van der Waals surface area contributed by atoms with Crippen LogP contribution in [0.1, 0.15) is 38.2 Å². The maximum absolute atomic E-state index is 11.9. The number of carbonyl (C=O) groups is 1. The van der Waals surface area contributed by atoms with Crippen LogP contribution >= 0.6 is 11.6 Å². The summed E-state index contributed by atoms with van der Waals surface area (Å²) in [6.45, 7) is 9.07. The molecule has 3 N–H and O–H groups in total. The van der Waals surface area contributed by atoms with Crippen molar-refractivity contribution in [2.45, 2.75) is 27.7 Å². The number of anilines is 1. The zero-order chi connectivity index (χ0) is 13.9. The molecule has 0 bridgehead atoms. The predicted octanol–water partition coefficient (Wildman–Crippen LogP) is 2.73. The van der Waals surface area contributed by atoms with Gasteiger partial charge < -0.3 is 11.1 Å². The van der Waals surface area contributed by atoms with Gasteiger partial charge in [0, 0.05) is 6.54 Å².